The summed E-state index contributed by atoms with van der Waals surface area (Å²) >= 11 is 0. The summed E-state index contributed by atoms with van der Waals surface area (Å²) in [5.74, 6) is 4.59. The Kier molecular flexibility index (Phi) is 6.70. The van der Waals surface area contributed by atoms with E-state index in [9.17, 15) is 13.2 Å². The number of fused-ring (bicyclic) bond motifs is 7. The van der Waals surface area contributed by atoms with E-state index in [1.165, 1.54) is 19.3 Å². The maximum absolute atomic E-state index is 14.4. The number of benzene rings is 1. The van der Waals surface area contributed by atoms with Crippen molar-refractivity contribution in [1.82, 2.24) is 0 Å². The van der Waals surface area contributed by atoms with E-state index in [1.807, 2.05) is 19.1 Å². The Morgan fingerprint density at radius 1 is 0.951 bits per heavy atom. The molecule has 6 heteroatoms. The van der Waals surface area contributed by atoms with Crippen LogP contribution in [0.1, 0.15) is 97.5 Å². The Balaban J connectivity index is 1.08. The molecule has 0 aromatic heterocycles. The fraction of sp³-hybridized carbons (Fsp3) is 0.800. The SMILES string of the molecule is Cc1ccc(S(=O)(=O)O[C@H]2CC[C@@]3(C)[C@H](CC[C@@H]4[C@@H]3CC(=O)[C@]3(C)[C@@H]5[C@@H](C[C@@H]43)C[C@@]3(CC[C@H](C)CO3)[C@H]5C)C2)cc1. The molecule has 1 aliphatic heterocycles. The van der Waals surface area contributed by atoms with Crippen LogP contribution in [-0.4, -0.2) is 32.5 Å². The predicted octanol–water partition coefficient (Wildman–Crippen LogP) is 7.36. The molecule has 0 unspecified atom stereocenters. The molecule has 41 heavy (non-hydrogen) atoms. The zero-order chi connectivity index (χ0) is 28.9. The first kappa shape index (κ1) is 28.5. The fourth-order valence-electron chi connectivity index (χ4n) is 11.7. The molecule has 1 aromatic carbocycles. The van der Waals surface area contributed by atoms with Gasteiger partial charge in [-0.25, -0.2) is 0 Å². The van der Waals surface area contributed by atoms with Crippen molar-refractivity contribution in [1.29, 1.82) is 0 Å². The molecule has 7 rings (SSSR count). The number of ether oxygens (including phenoxy) is 1. The third-order valence-corrected chi connectivity index (χ3v) is 15.4. The number of ketones is 1. The summed E-state index contributed by atoms with van der Waals surface area (Å²) in [6.07, 6.45) is 9.95. The first-order chi connectivity index (χ1) is 19.4. The Labute approximate surface area is 247 Å². The highest BCUT2D eigenvalue weighted by Gasteiger charge is 2.70. The molecule has 5 saturated carbocycles. The van der Waals surface area contributed by atoms with Crippen LogP contribution in [0.25, 0.3) is 0 Å². The monoisotopic (exact) mass is 582 g/mol. The molecule has 1 heterocycles. The zero-order valence-electron chi connectivity index (χ0n) is 25.7. The second kappa shape index (κ2) is 9.63. The summed E-state index contributed by atoms with van der Waals surface area (Å²) in [5.41, 5.74) is 0.894. The fourth-order valence-corrected chi connectivity index (χ4v) is 12.9. The van der Waals surface area contributed by atoms with E-state index in [0.717, 1.165) is 50.7 Å². The van der Waals surface area contributed by atoms with E-state index >= 15 is 0 Å². The van der Waals surface area contributed by atoms with Gasteiger partial charge in [0, 0.05) is 18.4 Å². The van der Waals surface area contributed by atoms with Gasteiger partial charge in [-0.1, -0.05) is 45.4 Å². The highest BCUT2D eigenvalue weighted by molar-refractivity contribution is 7.86. The van der Waals surface area contributed by atoms with E-state index in [-0.39, 0.29) is 27.4 Å². The van der Waals surface area contributed by atoms with Gasteiger partial charge < -0.3 is 4.74 Å². The van der Waals surface area contributed by atoms with Crippen LogP contribution in [0.3, 0.4) is 0 Å². The van der Waals surface area contributed by atoms with E-state index in [4.69, 9.17) is 8.92 Å². The number of carbonyl (C=O) groups is 1. The van der Waals surface area contributed by atoms with Gasteiger partial charge in [-0.3, -0.25) is 8.98 Å². The molecule has 1 spiro atoms. The minimum atomic E-state index is -3.78. The van der Waals surface area contributed by atoms with Crippen LogP contribution < -0.4 is 0 Å². The van der Waals surface area contributed by atoms with Crippen LogP contribution in [0.2, 0.25) is 0 Å². The molecule has 1 aromatic rings. The predicted molar refractivity (Wildman–Crippen MR) is 159 cm³/mol. The summed E-state index contributed by atoms with van der Waals surface area (Å²) in [6, 6.07) is 6.94. The molecule has 6 aliphatic rings. The molecule has 0 radical (unpaired) electrons. The van der Waals surface area contributed by atoms with Crippen molar-refractivity contribution >= 4 is 15.9 Å². The van der Waals surface area contributed by atoms with Crippen molar-refractivity contribution in [2.24, 2.45) is 58.2 Å². The van der Waals surface area contributed by atoms with Crippen molar-refractivity contribution in [3.8, 4) is 0 Å². The van der Waals surface area contributed by atoms with Crippen molar-refractivity contribution in [2.45, 2.75) is 115 Å². The van der Waals surface area contributed by atoms with Crippen LogP contribution in [-0.2, 0) is 23.8 Å². The topological polar surface area (TPSA) is 69.7 Å². The summed E-state index contributed by atoms with van der Waals surface area (Å²) < 4.78 is 38.6. The Morgan fingerprint density at radius 3 is 2.41 bits per heavy atom. The summed E-state index contributed by atoms with van der Waals surface area (Å²) in [7, 11) is -3.78. The molecule has 12 atom stereocenters. The number of Topliss-reactive ketones (excluding diaryl/α,β-unsaturated/α-hetero) is 1. The number of rotatable bonds is 3. The lowest BCUT2D eigenvalue weighted by Gasteiger charge is -2.60. The summed E-state index contributed by atoms with van der Waals surface area (Å²) in [5, 5.41) is 0. The van der Waals surface area contributed by atoms with E-state index in [1.54, 1.807) is 12.1 Å². The Hall–Kier alpha value is -1.24. The van der Waals surface area contributed by atoms with E-state index < -0.39 is 10.1 Å². The van der Waals surface area contributed by atoms with Crippen LogP contribution in [0, 0.1) is 65.1 Å². The molecular weight excluding hydrogens is 532 g/mol. The first-order valence-corrected chi connectivity index (χ1v) is 18.0. The molecule has 0 amide bonds. The van der Waals surface area contributed by atoms with Crippen molar-refractivity contribution < 1.29 is 22.1 Å². The van der Waals surface area contributed by atoms with Gasteiger partial charge in [-0.2, -0.15) is 8.42 Å². The molecular formula is C35H50O5S. The number of hydrogen-bond acceptors (Lipinski definition) is 5. The van der Waals surface area contributed by atoms with Gasteiger partial charge in [-0.15, -0.1) is 0 Å². The lowest BCUT2D eigenvalue weighted by atomic mass is 9.44. The smallest absolute Gasteiger partial charge is 0.297 e. The molecule has 1 saturated heterocycles. The normalized spacial score (nSPS) is 49.3. The standard InChI is InChI=1S/C35H50O5S/c1-21-6-9-27(10-7-21)41(37,38)40-26-13-14-33(4)25(17-26)8-11-28-29(33)18-31(36)34(5)30(28)16-24-19-35(23(3)32(24)34)15-12-22(2)20-39-35/h6-7,9-10,22-26,28-30,32H,8,11-20H2,1-5H3/t22-,23-,24-,25+,26-,28+,29-,30-,32-,33-,34+,35-/m0/s1. The molecule has 0 bridgehead atoms. The average molecular weight is 583 g/mol. The molecule has 0 N–H and O–H groups in total. The average Bonchev–Trinajstić information content (AvgIpc) is 3.38. The highest BCUT2D eigenvalue weighted by atomic mass is 32.2. The Bertz CT molecular complexity index is 1300. The summed E-state index contributed by atoms with van der Waals surface area (Å²) in [4.78, 5) is 14.6. The van der Waals surface area contributed by atoms with E-state index in [2.05, 4.69) is 27.7 Å². The largest absolute Gasteiger partial charge is 0.374 e. The van der Waals surface area contributed by atoms with Crippen LogP contribution >= 0.6 is 0 Å². The van der Waals surface area contributed by atoms with Gasteiger partial charge in [-0.05, 0) is 130 Å². The van der Waals surface area contributed by atoms with Gasteiger partial charge >= 0.3 is 0 Å². The van der Waals surface area contributed by atoms with Crippen molar-refractivity contribution in [3.05, 3.63) is 29.8 Å². The minimum absolute atomic E-state index is 0.00606. The Morgan fingerprint density at radius 2 is 1.71 bits per heavy atom. The molecule has 6 fully saturated rings. The minimum Gasteiger partial charge on any atom is -0.374 e. The first-order valence-electron chi connectivity index (χ1n) is 16.5. The number of carbonyl (C=O) groups excluding carboxylic acids is 1. The van der Waals surface area contributed by atoms with Gasteiger partial charge in [0.1, 0.15) is 5.78 Å². The highest BCUT2D eigenvalue weighted by Crippen LogP contribution is 2.72. The second-order valence-electron chi connectivity index (χ2n) is 15.9. The zero-order valence-corrected chi connectivity index (χ0v) is 26.5. The quantitative estimate of drug-likeness (QED) is 0.348. The van der Waals surface area contributed by atoms with Gasteiger partial charge in [0.25, 0.3) is 10.1 Å². The third-order valence-electron chi connectivity index (χ3n) is 14.0. The summed E-state index contributed by atoms with van der Waals surface area (Å²) in [6.45, 7) is 12.3. The van der Waals surface area contributed by atoms with Gasteiger partial charge in [0.15, 0.2) is 0 Å². The lowest BCUT2D eigenvalue weighted by molar-refractivity contribution is -0.167. The maximum atomic E-state index is 14.4. The number of aryl methyl sites for hydroxylation is 1. The molecule has 226 valence electrons. The molecule has 5 aliphatic carbocycles. The number of hydrogen-bond donors (Lipinski definition) is 0. The lowest BCUT2D eigenvalue weighted by Crippen LogP contribution is -2.58. The van der Waals surface area contributed by atoms with Gasteiger partial charge in [0.2, 0.25) is 0 Å². The maximum Gasteiger partial charge on any atom is 0.297 e. The van der Waals surface area contributed by atoms with E-state index in [0.29, 0.717) is 59.5 Å². The third kappa shape index (κ3) is 4.19. The van der Waals surface area contributed by atoms with Crippen LogP contribution in [0.4, 0.5) is 0 Å². The second-order valence-corrected chi connectivity index (χ2v) is 17.4. The van der Waals surface area contributed by atoms with Gasteiger partial charge in [0.05, 0.1) is 16.6 Å². The van der Waals surface area contributed by atoms with Crippen molar-refractivity contribution in [3.63, 3.8) is 0 Å². The molecule has 5 nitrogen and oxygen atoms in total. The van der Waals surface area contributed by atoms with Crippen LogP contribution in [0.5, 0.6) is 0 Å². The van der Waals surface area contributed by atoms with Crippen LogP contribution in [0.15, 0.2) is 29.2 Å². The van der Waals surface area contributed by atoms with Crippen molar-refractivity contribution in [2.75, 3.05) is 6.61 Å².